The van der Waals surface area contributed by atoms with Gasteiger partial charge < -0.3 is 102 Å². The zero-order chi connectivity index (χ0) is 54.5. The van der Waals surface area contributed by atoms with Crippen LogP contribution in [0.15, 0.2) is 0 Å². The van der Waals surface area contributed by atoms with Gasteiger partial charge in [0.05, 0.1) is 211 Å². The van der Waals surface area contributed by atoms with Gasteiger partial charge in [0.15, 0.2) is 0 Å². The van der Waals surface area contributed by atoms with Crippen molar-refractivity contribution >= 4 is 0 Å². The van der Waals surface area contributed by atoms with Crippen LogP contribution in [0.1, 0.15) is 87.0 Å². The molecule has 0 spiro atoms. The molecule has 0 aliphatic carbocycles. The van der Waals surface area contributed by atoms with Crippen LogP contribution in [-0.4, -0.2) is 263 Å². The Bertz CT molecular complexity index is 763. The Labute approximate surface area is 477 Å². The summed E-state index contributed by atoms with van der Waals surface area (Å²) < 4.78 is 101. The zero-order valence-electron chi connectivity index (χ0n) is 48.6. The van der Waals surface area contributed by atoms with Gasteiger partial charge in [-0.05, 0) is 32.6 Å². The first kappa shape index (κ1) is 85.6. The third kappa shape index (κ3) is 105. The molecule has 0 fully saturated rings. The molecule has 0 aliphatic rings. The summed E-state index contributed by atoms with van der Waals surface area (Å²) in [4.78, 5) is 0. The smallest absolute Gasteiger partial charge is 0.0701 e. The van der Waals surface area contributed by atoms with Crippen molar-refractivity contribution in [3.8, 4) is 0 Å². The quantitative estimate of drug-likeness (QED) is 0.0535. The number of aliphatic hydroxyl groups excluding tert-OH is 1. The molecule has 0 heterocycles. The predicted octanol–water partition coefficient (Wildman–Crippen LogP) is 6.18. The van der Waals surface area contributed by atoms with E-state index in [-0.39, 0.29) is 39.3 Å². The van der Waals surface area contributed by atoms with Crippen LogP contribution in [0.3, 0.4) is 0 Å². The minimum atomic E-state index is 0. The molecule has 74 heavy (non-hydrogen) atoms. The molecule has 0 aromatic rings. The summed E-state index contributed by atoms with van der Waals surface area (Å²) in [6, 6.07) is 0. The first-order valence-electron chi connectivity index (χ1n) is 27.4. The Kier molecular flexibility index (Phi) is 111. The summed E-state index contributed by atoms with van der Waals surface area (Å²) >= 11 is 0. The Morgan fingerprint density at radius 2 is 0.392 bits per heavy atom. The maximum absolute atomic E-state index is 7.57. The van der Waals surface area contributed by atoms with Gasteiger partial charge in [-0.3, -0.25) is 0 Å². The summed E-state index contributed by atoms with van der Waals surface area (Å²) in [6.07, 6.45) is 6.62. The van der Waals surface area contributed by atoms with Crippen molar-refractivity contribution in [2.24, 2.45) is 0 Å². The molecule has 20 nitrogen and oxygen atoms in total. The van der Waals surface area contributed by atoms with Crippen LogP contribution in [0.5, 0.6) is 0 Å². The monoisotopic (exact) mass is 1160 g/mol. The molecule has 0 amide bonds. The Morgan fingerprint density at radius 1 is 0.243 bits per heavy atom. The van der Waals surface area contributed by atoms with Crippen LogP contribution in [0, 0.1) is 6.92 Å². The van der Waals surface area contributed by atoms with E-state index >= 15 is 0 Å². The maximum Gasteiger partial charge on any atom is 0.0701 e. The van der Waals surface area contributed by atoms with E-state index in [4.69, 9.17) is 95.1 Å². The summed E-state index contributed by atoms with van der Waals surface area (Å²) in [7, 11) is 1.65. The van der Waals surface area contributed by atoms with E-state index in [1.165, 1.54) is 0 Å². The van der Waals surface area contributed by atoms with E-state index in [2.05, 4.69) is 34.6 Å². The SMILES string of the molecule is CC.CCCCOCCOCCOCCOCCOCCOCCC.CCCCOCCOCCOCCOCCOCCOCCOC.CCO.[CH2-]COCCOCCOCCOCCOCCOCCC.[Y]. The van der Waals surface area contributed by atoms with Crippen molar-refractivity contribution in [1.82, 2.24) is 0 Å². The average Bonchev–Trinajstić information content (AvgIpc) is 3.41. The molecule has 0 aromatic heterocycles. The van der Waals surface area contributed by atoms with Crippen molar-refractivity contribution in [1.29, 1.82) is 0 Å². The Balaban J connectivity index is -0.000000223. The normalized spacial score (nSPS) is 10.6. The van der Waals surface area contributed by atoms with Crippen LogP contribution in [0.2, 0.25) is 0 Å². The van der Waals surface area contributed by atoms with Gasteiger partial charge in [0, 0.05) is 72.9 Å². The predicted molar refractivity (Wildman–Crippen MR) is 286 cm³/mol. The maximum atomic E-state index is 7.57. The van der Waals surface area contributed by atoms with E-state index in [0.29, 0.717) is 218 Å². The number of unbranched alkanes of at least 4 members (excludes halogenated alkanes) is 2. The molecule has 0 atom stereocenters. The number of hydrogen-bond acceptors (Lipinski definition) is 20. The fourth-order valence-electron chi connectivity index (χ4n) is 4.53. The average molecular weight is 1160 g/mol. The minimum Gasteiger partial charge on any atom is -0.411 e. The molecular weight excluding hydrogens is 1050 g/mol. The van der Waals surface area contributed by atoms with E-state index in [1.54, 1.807) is 14.0 Å². The molecule has 0 saturated heterocycles. The minimum absolute atomic E-state index is 0. The fourth-order valence-corrected chi connectivity index (χ4v) is 4.53. The van der Waals surface area contributed by atoms with Crippen LogP contribution in [-0.2, 0) is 123 Å². The van der Waals surface area contributed by atoms with E-state index in [1.807, 2.05) is 13.8 Å². The molecule has 0 unspecified atom stereocenters. The third-order valence-electron chi connectivity index (χ3n) is 8.14. The van der Waals surface area contributed by atoms with E-state index in [9.17, 15) is 0 Å². The summed E-state index contributed by atoms with van der Waals surface area (Å²) in [5.74, 6) is 0. The second-order valence-electron chi connectivity index (χ2n) is 14.5. The number of rotatable bonds is 59. The van der Waals surface area contributed by atoms with Gasteiger partial charge in [-0.1, -0.05) is 61.0 Å². The van der Waals surface area contributed by atoms with Crippen LogP contribution in [0.4, 0.5) is 0 Å². The molecule has 21 heteroatoms. The van der Waals surface area contributed by atoms with Gasteiger partial charge in [-0.2, -0.15) is 0 Å². The van der Waals surface area contributed by atoms with E-state index < -0.39 is 0 Å². The molecule has 0 aliphatic heterocycles. The van der Waals surface area contributed by atoms with Crippen molar-refractivity contribution in [2.45, 2.75) is 87.0 Å². The molecule has 0 bridgehead atoms. The first-order chi connectivity index (χ1) is 36.2. The molecule has 0 rings (SSSR count). The topological polar surface area (TPSA) is 196 Å². The molecule has 1 N–H and O–H groups in total. The summed E-state index contributed by atoms with van der Waals surface area (Å²) in [5.41, 5.74) is 0. The van der Waals surface area contributed by atoms with E-state index in [0.717, 1.165) is 65.0 Å². The van der Waals surface area contributed by atoms with Crippen molar-refractivity contribution in [3.63, 3.8) is 0 Å². The summed E-state index contributed by atoms with van der Waals surface area (Å²) in [5, 5.41) is 7.57. The van der Waals surface area contributed by atoms with Crippen LogP contribution < -0.4 is 0 Å². The summed E-state index contributed by atoms with van der Waals surface area (Å²) in [6.45, 7) is 40.7. The number of ether oxygens (including phenoxy) is 19. The Hall–Kier alpha value is 0.304. The van der Waals surface area contributed by atoms with Crippen LogP contribution >= 0.6 is 0 Å². The van der Waals surface area contributed by atoms with Crippen molar-refractivity contribution in [2.75, 3.05) is 258 Å². The fraction of sp³-hybridized carbons (Fsp3) is 0.981. The van der Waals surface area contributed by atoms with Gasteiger partial charge in [0.25, 0.3) is 0 Å². The second kappa shape index (κ2) is 95.6. The first-order valence-corrected chi connectivity index (χ1v) is 27.4. The van der Waals surface area contributed by atoms with Gasteiger partial charge in [0.2, 0.25) is 0 Å². The van der Waals surface area contributed by atoms with Crippen molar-refractivity contribution < 1.29 is 128 Å². The standard InChI is InChI=1S/C17H36O7.C17H36O6.C15H31O6.C2H6O.C2H6.Y/c1-3-4-5-19-8-9-21-12-13-23-16-17-24-15-14-22-11-10-20-7-6-18-2;1-3-5-7-19-9-11-21-13-15-23-17-16-22-14-12-20-10-8-18-6-4-2;1-3-5-17-8-9-19-12-13-21-15-14-20-11-10-18-7-6-16-4-2;1-2-3;1-2;/h3-17H2,1-2H3;3-17H2,1-2H3;2-15H2,1H3;3H,2H2,1H3;1-2H3;/q;;-1;;;. The molecular formula is C53H115O20Y-. The van der Waals surface area contributed by atoms with Gasteiger partial charge in [0.1, 0.15) is 0 Å². The van der Waals surface area contributed by atoms with Crippen LogP contribution in [0.25, 0.3) is 0 Å². The number of hydrogen-bond donors (Lipinski definition) is 1. The largest absolute Gasteiger partial charge is 0.411 e. The number of aliphatic hydroxyl groups is 1. The third-order valence-corrected chi connectivity index (χ3v) is 8.14. The molecule has 1 radical (unpaired) electrons. The van der Waals surface area contributed by atoms with Gasteiger partial charge in [-0.25, -0.2) is 0 Å². The van der Waals surface area contributed by atoms with Gasteiger partial charge >= 0.3 is 0 Å². The van der Waals surface area contributed by atoms with Gasteiger partial charge in [-0.15, -0.1) is 0 Å². The number of methoxy groups -OCH3 is 1. The molecule has 0 aromatic carbocycles. The molecule has 451 valence electrons. The Morgan fingerprint density at radius 3 is 0.541 bits per heavy atom. The zero-order valence-corrected chi connectivity index (χ0v) is 51.4. The molecule has 0 saturated carbocycles. The van der Waals surface area contributed by atoms with Crippen molar-refractivity contribution in [3.05, 3.63) is 6.92 Å². The second-order valence-corrected chi connectivity index (χ2v) is 14.5.